The van der Waals surface area contributed by atoms with Crippen molar-refractivity contribution >= 4 is 44.4 Å². The van der Waals surface area contributed by atoms with Crippen LogP contribution in [0.5, 0.6) is 17.2 Å². The second-order valence-corrected chi connectivity index (χ2v) is 8.38. The quantitative estimate of drug-likeness (QED) is 0.293. The predicted molar refractivity (Wildman–Crippen MR) is 118 cm³/mol. The third kappa shape index (κ3) is 6.22. The van der Waals surface area contributed by atoms with Crippen molar-refractivity contribution in [1.29, 1.82) is 0 Å². The van der Waals surface area contributed by atoms with Gasteiger partial charge in [0.25, 0.3) is 0 Å². The molecule has 0 bridgehead atoms. The van der Waals surface area contributed by atoms with Crippen LogP contribution in [-0.4, -0.2) is 0 Å². The Labute approximate surface area is 177 Å². The molecule has 0 saturated heterocycles. The van der Waals surface area contributed by atoms with Gasteiger partial charge in [0.15, 0.2) is 0 Å². The number of benzene rings is 3. The standard InChI is InChI=1S/C18H18N3O3PS3/c19-26-16-7-1-13(2-8-16)22-25(23-14-3-9-17(27-20)10-4-14)24-15-5-11-18(28-21)12-6-15/h1-12H,19-21H2. The predicted octanol–water partition coefficient (Wildman–Crippen LogP) is 5.35. The Hall–Kier alpha value is -1.58. The highest BCUT2D eigenvalue weighted by atomic mass is 32.2. The number of hydrogen-bond acceptors (Lipinski definition) is 9. The molecule has 0 fully saturated rings. The van der Waals surface area contributed by atoms with Gasteiger partial charge in [-0.25, -0.2) is 0 Å². The van der Waals surface area contributed by atoms with Crippen LogP contribution in [0.4, 0.5) is 0 Å². The van der Waals surface area contributed by atoms with E-state index in [1.54, 1.807) is 0 Å². The molecule has 0 aliphatic heterocycles. The molecular weight excluding hydrogens is 433 g/mol. The van der Waals surface area contributed by atoms with Crippen LogP contribution in [0.3, 0.4) is 0 Å². The summed E-state index contributed by atoms with van der Waals surface area (Å²) in [6.07, 6.45) is 0. The molecule has 6 N–H and O–H groups in total. The highest BCUT2D eigenvalue weighted by Crippen LogP contribution is 2.42. The molecule has 0 unspecified atom stereocenters. The summed E-state index contributed by atoms with van der Waals surface area (Å²) in [4.78, 5) is 2.80. The first-order chi connectivity index (χ1) is 13.7. The zero-order chi connectivity index (χ0) is 19.8. The summed E-state index contributed by atoms with van der Waals surface area (Å²) in [5, 5.41) is 16.7. The van der Waals surface area contributed by atoms with Gasteiger partial charge in [-0.3, -0.25) is 15.4 Å². The second-order valence-electron chi connectivity index (χ2n) is 5.27. The average Bonchev–Trinajstić information content (AvgIpc) is 2.75. The van der Waals surface area contributed by atoms with Gasteiger partial charge in [-0.2, -0.15) is 0 Å². The van der Waals surface area contributed by atoms with E-state index in [1.165, 1.54) is 35.8 Å². The Bertz CT molecular complexity index is 750. The number of rotatable bonds is 9. The van der Waals surface area contributed by atoms with Crippen molar-refractivity contribution in [3.05, 3.63) is 72.8 Å². The molecule has 0 spiro atoms. The highest BCUT2D eigenvalue weighted by molar-refractivity contribution is 7.97. The maximum atomic E-state index is 5.95. The van der Waals surface area contributed by atoms with Gasteiger partial charge in [-0.05, 0) is 109 Å². The van der Waals surface area contributed by atoms with Gasteiger partial charge >= 0.3 is 8.60 Å². The molecule has 3 rings (SSSR count). The van der Waals surface area contributed by atoms with Crippen molar-refractivity contribution in [2.75, 3.05) is 0 Å². The molecule has 0 saturated carbocycles. The van der Waals surface area contributed by atoms with Crippen LogP contribution < -0.4 is 29.0 Å². The maximum absolute atomic E-state index is 5.95. The van der Waals surface area contributed by atoms with Crippen LogP contribution in [0.1, 0.15) is 0 Å². The molecular formula is C18H18N3O3PS3. The molecule has 0 aromatic heterocycles. The van der Waals surface area contributed by atoms with Gasteiger partial charge in [-0.15, -0.1) is 0 Å². The van der Waals surface area contributed by atoms with Gasteiger partial charge in [0.1, 0.15) is 17.2 Å². The summed E-state index contributed by atoms with van der Waals surface area (Å²) in [5.41, 5.74) is 0. The van der Waals surface area contributed by atoms with E-state index in [-0.39, 0.29) is 0 Å². The van der Waals surface area contributed by atoms with Crippen LogP contribution in [0.15, 0.2) is 87.5 Å². The van der Waals surface area contributed by atoms with Crippen molar-refractivity contribution in [2.24, 2.45) is 15.4 Å². The Kier molecular flexibility index (Phi) is 8.17. The summed E-state index contributed by atoms with van der Waals surface area (Å²) < 4.78 is 17.8. The highest BCUT2D eigenvalue weighted by Gasteiger charge is 2.20. The fraction of sp³-hybridized carbons (Fsp3) is 0. The zero-order valence-electron chi connectivity index (χ0n) is 14.6. The average molecular weight is 452 g/mol. The molecule has 10 heteroatoms. The Balaban J connectivity index is 1.76. The van der Waals surface area contributed by atoms with Crippen molar-refractivity contribution in [3.63, 3.8) is 0 Å². The van der Waals surface area contributed by atoms with Crippen LogP contribution in [-0.2, 0) is 0 Å². The van der Waals surface area contributed by atoms with E-state index in [4.69, 9.17) is 29.0 Å². The van der Waals surface area contributed by atoms with Gasteiger partial charge < -0.3 is 13.6 Å². The lowest BCUT2D eigenvalue weighted by Crippen LogP contribution is -2.02. The monoisotopic (exact) mass is 451 g/mol. The van der Waals surface area contributed by atoms with E-state index in [9.17, 15) is 0 Å². The first kappa shape index (κ1) is 21.1. The lowest BCUT2D eigenvalue weighted by atomic mass is 10.3. The fourth-order valence-corrected chi connectivity index (χ4v) is 3.92. The topological polar surface area (TPSA) is 106 Å². The van der Waals surface area contributed by atoms with Crippen LogP contribution >= 0.6 is 44.4 Å². The molecule has 28 heavy (non-hydrogen) atoms. The molecule has 0 aliphatic rings. The van der Waals surface area contributed by atoms with Gasteiger partial charge in [0, 0.05) is 14.7 Å². The third-order valence-electron chi connectivity index (χ3n) is 3.42. The Morgan fingerprint density at radius 2 is 0.714 bits per heavy atom. The Morgan fingerprint density at radius 3 is 0.929 bits per heavy atom. The van der Waals surface area contributed by atoms with Crippen molar-refractivity contribution < 1.29 is 13.6 Å². The first-order valence-corrected chi connectivity index (χ1v) is 11.7. The van der Waals surface area contributed by atoms with Crippen LogP contribution in [0.2, 0.25) is 0 Å². The lowest BCUT2D eigenvalue weighted by Gasteiger charge is -2.18. The van der Waals surface area contributed by atoms with Crippen LogP contribution in [0.25, 0.3) is 0 Å². The van der Waals surface area contributed by atoms with E-state index < -0.39 is 8.60 Å². The van der Waals surface area contributed by atoms with E-state index in [0.717, 1.165) is 14.7 Å². The Morgan fingerprint density at radius 1 is 0.464 bits per heavy atom. The van der Waals surface area contributed by atoms with Gasteiger partial charge in [-0.1, -0.05) is 0 Å². The summed E-state index contributed by atoms with van der Waals surface area (Å²) in [7, 11) is -1.75. The second kappa shape index (κ2) is 10.8. The van der Waals surface area contributed by atoms with Gasteiger partial charge in [0.05, 0.1) is 0 Å². The molecule has 0 heterocycles. The molecule has 0 aliphatic carbocycles. The molecule has 0 radical (unpaired) electrons. The van der Waals surface area contributed by atoms with Crippen molar-refractivity contribution in [1.82, 2.24) is 0 Å². The minimum atomic E-state index is -1.75. The van der Waals surface area contributed by atoms with E-state index in [2.05, 4.69) is 0 Å². The number of nitrogens with two attached hydrogens (primary N) is 3. The molecule has 3 aromatic rings. The first-order valence-electron chi connectivity index (χ1n) is 7.94. The summed E-state index contributed by atoms with van der Waals surface area (Å²) in [6, 6.07) is 22.1. The lowest BCUT2D eigenvalue weighted by molar-refractivity contribution is 0.388. The fourth-order valence-electron chi connectivity index (χ4n) is 2.05. The molecule has 3 aromatic carbocycles. The van der Waals surface area contributed by atoms with E-state index in [0.29, 0.717) is 17.2 Å². The molecule has 0 atom stereocenters. The normalized spacial score (nSPS) is 10.7. The van der Waals surface area contributed by atoms with E-state index in [1.807, 2.05) is 72.8 Å². The number of hydrogen-bond donors (Lipinski definition) is 3. The summed E-state index contributed by atoms with van der Waals surface area (Å²) in [5.74, 6) is 1.85. The molecule has 146 valence electrons. The zero-order valence-corrected chi connectivity index (χ0v) is 17.9. The van der Waals surface area contributed by atoms with Crippen molar-refractivity contribution in [2.45, 2.75) is 14.7 Å². The largest absolute Gasteiger partial charge is 0.530 e. The van der Waals surface area contributed by atoms with Gasteiger partial charge in [0.2, 0.25) is 0 Å². The minimum Gasteiger partial charge on any atom is -0.409 e. The third-order valence-corrected chi connectivity index (χ3v) is 6.13. The minimum absolute atomic E-state index is 0.618. The van der Waals surface area contributed by atoms with Crippen LogP contribution in [0, 0.1) is 0 Å². The smallest absolute Gasteiger partial charge is 0.409 e. The maximum Gasteiger partial charge on any atom is 0.530 e. The molecule has 0 amide bonds. The van der Waals surface area contributed by atoms with Crippen molar-refractivity contribution in [3.8, 4) is 17.2 Å². The van der Waals surface area contributed by atoms with E-state index >= 15 is 0 Å². The summed E-state index contributed by atoms with van der Waals surface area (Å²) >= 11 is 3.51. The molecule has 6 nitrogen and oxygen atoms in total. The SMILES string of the molecule is NSc1ccc(OP(Oc2ccc(SN)cc2)Oc2ccc(SN)cc2)cc1. The summed E-state index contributed by atoms with van der Waals surface area (Å²) in [6.45, 7) is 0.